The molecule has 0 aliphatic heterocycles. The topological polar surface area (TPSA) is 69.4 Å². The number of methoxy groups -OCH3 is 1. The first-order valence-corrected chi connectivity index (χ1v) is 4.98. The van der Waals surface area contributed by atoms with Gasteiger partial charge in [0.1, 0.15) is 0 Å². The van der Waals surface area contributed by atoms with E-state index in [9.17, 15) is 14.9 Å². The van der Waals surface area contributed by atoms with E-state index < -0.39 is 0 Å². The van der Waals surface area contributed by atoms with Gasteiger partial charge in [0.2, 0.25) is 6.54 Å². The second kappa shape index (κ2) is 7.62. The first-order chi connectivity index (χ1) is 7.45. The van der Waals surface area contributed by atoms with Gasteiger partial charge in [-0.15, -0.1) is 0 Å². The van der Waals surface area contributed by atoms with Crippen molar-refractivity contribution >= 4 is 5.97 Å². The van der Waals surface area contributed by atoms with Gasteiger partial charge in [0.25, 0.3) is 0 Å². The Morgan fingerprint density at radius 3 is 2.50 bits per heavy atom. The molecule has 0 bridgehead atoms. The molecule has 0 aromatic rings. The molecule has 0 saturated carbocycles. The molecule has 5 nitrogen and oxygen atoms in total. The van der Waals surface area contributed by atoms with Crippen LogP contribution in [0, 0.1) is 10.1 Å². The lowest BCUT2D eigenvalue weighted by Crippen LogP contribution is -2.01. The Hall–Kier alpha value is -1.65. The first-order valence-electron chi connectivity index (χ1n) is 4.98. The zero-order valence-electron chi connectivity index (χ0n) is 9.86. The number of nitro groups is 1. The molecule has 0 radical (unpaired) electrons. The summed E-state index contributed by atoms with van der Waals surface area (Å²) in [6, 6.07) is 0. The lowest BCUT2D eigenvalue weighted by Gasteiger charge is -1.98. The summed E-state index contributed by atoms with van der Waals surface area (Å²) in [6.45, 7) is 3.43. The summed E-state index contributed by atoms with van der Waals surface area (Å²) in [5, 5.41) is 10.2. The zero-order valence-corrected chi connectivity index (χ0v) is 9.86. The molecule has 0 rings (SSSR count). The van der Waals surface area contributed by atoms with Gasteiger partial charge in [0.15, 0.2) is 0 Å². The highest BCUT2D eigenvalue weighted by Gasteiger charge is 1.99. The predicted octanol–water partition coefficient (Wildman–Crippen LogP) is 2.11. The third kappa shape index (κ3) is 7.73. The molecule has 0 aromatic heterocycles. The molecular weight excluding hydrogens is 210 g/mol. The van der Waals surface area contributed by atoms with Crippen LogP contribution in [0.2, 0.25) is 0 Å². The van der Waals surface area contributed by atoms with Crippen molar-refractivity contribution in [3.63, 3.8) is 0 Å². The highest BCUT2D eigenvalue weighted by atomic mass is 16.6. The molecular formula is C11H17NO4. The van der Waals surface area contributed by atoms with Crippen LogP contribution in [0.15, 0.2) is 23.3 Å². The molecule has 0 unspecified atom stereocenters. The SMILES string of the molecule is COC(=O)C=C(C)CCC=C(C)C[N+](=O)[O-]. The van der Waals surface area contributed by atoms with E-state index in [1.54, 1.807) is 6.92 Å². The fourth-order valence-corrected chi connectivity index (χ4v) is 1.15. The Bertz CT molecular complexity index is 318. The third-order valence-corrected chi connectivity index (χ3v) is 1.98. The largest absolute Gasteiger partial charge is 0.466 e. The van der Waals surface area contributed by atoms with Crippen molar-refractivity contribution in [1.82, 2.24) is 0 Å². The molecule has 0 aromatic carbocycles. The van der Waals surface area contributed by atoms with Crippen molar-refractivity contribution in [3.05, 3.63) is 33.4 Å². The lowest BCUT2D eigenvalue weighted by atomic mass is 10.1. The summed E-state index contributed by atoms with van der Waals surface area (Å²) in [5.41, 5.74) is 1.63. The summed E-state index contributed by atoms with van der Waals surface area (Å²) in [7, 11) is 1.33. The van der Waals surface area contributed by atoms with Crippen LogP contribution >= 0.6 is 0 Å². The van der Waals surface area contributed by atoms with Crippen LogP contribution < -0.4 is 0 Å². The summed E-state index contributed by atoms with van der Waals surface area (Å²) in [6.07, 6.45) is 4.64. The average molecular weight is 227 g/mol. The van der Waals surface area contributed by atoms with Gasteiger partial charge < -0.3 is 4.74 Å². The van der Waals surface area contributed by atoms with Crippen molar-refractivity contribution < 1.29 is 14.5 Å². The number of nitrogens with zero attached hydrogens (tertiary/aromatic N) is 1. The molecule has 90 valence electrons. The summed E-state index contributed by atoms with van der Waals surface area (Å²) in [4.78, 5) is 20.7. The maximum absolute atomic E-state index is 10.9. The fourth-order valence-electron chi connectivity index (χ4n) is 1.15. The predicted molar refractivity (Wildman–Crippen MR) is 60.6 cm³/mol. The molecule has 0 spiro atoms. The van der Waals surface area contributed by atoms with Gasteiger partial charge in [-0.05, 0) is 32.3 Å². The minimum atomic E-state index is -0.372. The van der Waals surface area contributed by atoms with Gasteiger partial charge in [-0.2, -0.15) is 0 Å². The van der Waals surface area contributed by atoms with Crippen molar-refractivity contribution in [2.45, 2.75) is 26.7 Å². The first kappa shape index (κ1) is 14.3. The third-order valence-electron chi connectivity index (χ3n) is 1.98. The zero-order chi connectivity index (χ0) is 12.6. The molecule has 0 fully saturated rings. The number of hydrogen-bond donors (Lipinski definition) is 0. The Morgan fingerprint density at radius 2 is 2.00 bits per heavy atom. The minimum Gasteiger partial charge on any atom is -0.466 e. The van der Waals surface area contributed by atoms with Crippen LogP contribution in [0.5, 0.6) is 0 Å². The van der Waals surface area contributed by atoms with Crippen LogP contribution in [0.1, 0.15) is 26.7 Å². The standard InChI is InChI=1S/C11H17NO4/c1-9(7-11(13)16-3)5-4-6-10(2)8-12(14)15/h6-7H,4-5,8H2,1-3H3. The van der Waals surface area contributed by atoms with E-state index in [0.29, 0.717) is 12.8 Å². The van der Waals surface area contributed by atoms with Gasteiger partial charge in [-0.3, -0.25) is 10.1 Å². The van der Waals surface area contributed by atoms with Crippen molar-refractivity contribution in [2.24, 2.45) is 0 Å². The maximum Gasteiger partial charge on any atom is 0.330 e. The van der Waals surface area contributed by atoms with Gasteiger partial charge in [0, 0.05) is 11.0 Å². The molecule has 0 N–H and O–H groups in total. The van der Waals surface area contributed by atoms with Crippen molar-refractivity contribution in [2.75, 3.05) is 13.7 Å². The second-order valence-corrected chi connectivity index (χ2v) is 3.59. The molecule has 0 aliphatic carbocycles. The van der Waals surface area contributed by atoms with Gasteiger partial charge >= 0.3 is 5.97 Å². The molecule has 5 heteroatoms. The van der Waals surface area contributed by atoms with Crippen LogP contribution in [0.25, 0.3) is 0 Å². The molecule has 16 heavy (non-hydrogen) atoms. The Morgan fingerprint density at radius 1 is 1.38 bits per heavy atom. The van der Waals surface area contributed by atoms with Crippen LogP contribution in [0.4, 0.5) is 0 Å². The van der Waals surface area contributed by atoms with Gasteiger partial charge in [0.05, 0.1) is 7.11 Å². The highest BCUT2D eigenvalue weighted by Crippen LogP contribution is 2.07. The van der Waals surface area contributed by atoms with Gasteiger partial charge in [-0.25, -0.2) is 4.79 Å². The Kier molecular flexibility index (Phi) is 6.83. The van der Waals surface area contributed by atoms with E-state index >= 15 is 0 Å². The molecule has 0 aliphatic rings. The number of hydrogen-bond acceptors (Lipinski definition) is 4. The second-order valence-electron chi connectivity index (χ2n) is 3.59. The van der Waals surface area contributed by atoms with E-state index in [4.69, 9.17) is 0 Å². The fraction of sp³-hybridized carbons (Fsp3) is 0.545. The van der Waals surface area contributed by atoms with Crippen LogP contribution in [-0.2, 0) is 9.53 Å². The van der Waals surface area contributed by atoms with E-state index in [1.165, 1.54) is 13.2 Å². The summed E-state index contributed by atoms with van der Waals surface area (Å²) in [5.74, 6) is -0.372. The van der Waals surface area contributed by atoms with Gasteiger partial charge in [-0.1, -0.05) is 11.6 Å². The van der Waals surface area contributed by atoms with E-state index in [1.807, 2.05) is 13.0 Å². The normalized spacial score (nSPS) is 12.4. The summed E-state index contributed by atoms with van der Waals surface area (Å²) < 4.78 is 4.48. The van der Waals surface area contributed by atoms with Crippen LogP contribution in [0.3, 0.4) is 0 Å². The van der Waals surface area contributed by atoms with Crippen molar-refractivity contribution in [3.8, 4) is 0 Å². The monoisotopic (exact) mass is 227 g/mol. The van der Waals surface area contributed by atoms with Crippen LogP contribution in [-0.4, -0.2) is 24.5 Å². The lowest BCUT2D eigenvalue weighted by molar-refractivity contribution is -0.470. The number of esters is 1. The molecule has 0 heterocycles. The Balaban J connectivity index is 4.02. The average Bonchev–Trinajstić information content (AvgIpc) is 2.16. The number of rotatable bonds is 6. The molecule has 0 amide bonds. The van der Waals surface area contributed by atoms with E-state index in [2.05, 4.69) is 4.74 Å². The highest BCUT2D eigenvalue weighted by molar-refractivity contribution is 5.82. The van der Waals surface area contributed by atoms with E-state index in [-0.39, 0.29) is 17.4 Å². The van der Waals surface area contributed by atoms with Crippen molar-refractivity contribution in [1.29, 1.82) is 0 Å². The Labute approximate surface area is 94.9 Å². The van der Waals surface area contributed by atoms with E-state index in [0.717, 1.165) is 11.1 Å². The smallest absolute Gasteiger partial charge is 0.330 e. The quantitative estimate of drug-likeness (QED) is 0.229. The maximum atomic E-state index is 10.9. The summed E-state index contributed by atoms with van der Waals surface area (Å²) >= 11 is 0. The number of allylic oxidation sites excluding steroid dienone is 2. The number of carbonyl (C=O) groups excluding carboxylic acids is 1. The number of carbonyl (C=O) groups is 1. The number of ether oxygens (including phenoxy) is 1. The minimum absolute atomic E-state index is 0.125. The molecule has 0 atom stereocenters. The molecule has 0 saturated heterocycles.